The molecule has 3 heteroatoms. The van der Waals surface area contributed by atoms with Crippen LogP contribution in [0.2, 0.25) is 0 Å². The Balaban J connectivity index is 1.95. The van der Waals surface area contributed by atoms with E-state index in [0.29, 0.717) is 6.61 Å². The second kappa shape index (κ2) is 4.53. The lowest BCUT2D eigenvalue weighted by Crippen LogP contribution is -2.10. The van der Waals surface area contributed by atoms with Gasteiger partial charge in [-0.3, -0.25) is 0 Å². The molecule has 0 spiro atoms. The Bertz CT molecular complexity index is 578. The van der Waals surface area contributed by atoms with Gasteiger partial charge in [-0.25, -0.2) is 4.99 Å². The van der Waals surface area contributed by atoms with Crippen LogP contribution in [-0.4, -0.2) is 12.6 Å². The van der Waals surface area contributed by atoms with Gasteiger partial charge in [0, 0.05) is 0 Å². The van der Waals surface area contributed by atoms with Crippen molar-refractivity contribution < 1.29 is 4.74 Å². The molecule has 90 valence electrons. The lowest BCUT2D eigenvalue weighted by molar-refractivity contribution is 0.315. The standard InChI is InChI=1S/C15H14N2O/c16-15-17-14(10-18-15)13-8-4-7-12(9-13)11-5-2-1-3-6-11/h1-9,14H,10H2,(H2,16,17). The molecule has 2 aromatic rings. The van der Waals surface area contributed by atoms with Crippen LogP contribution in [0.4, 0.5) is 0 Å². The summed E-state index contributed by atoms with van der Waals surface area (Å²) in [5, 5.41) is 0. The summed E-state index contributed by atoms with van der Waals surface area (Å²) in [6, 6.07) is 18.9. The summed E-state index contributed by atoms with van der Waals surface area (Å²) in [6.07, 6.45) is 0. The van der Waals surface area contributed by atoms with E-state index >= 15 is 0 Å². The van der Waals surface area contributed by atoms with Crippen molar-refractivity contribution in [3.8, 4) is 11.1 Å². The zero-order chi connectivity index (χ0) is 12.4. The molecule has 1 aliphatic heterocycles. The minimum atomic E-state index is 0.0219. The Morgan fingerprint density at radius 2 is 1.78 bits per heavy atom. The second-order valence-corrected chi connectivity index (χ2v) is 4.29. The predicted octanol–water partition coefficient (Wildman–Crippen LogP) is 2.74. The lowest BCUT2D eigenvalue weighted by atomic mass is 10.0. The van der Waals surface area contributed by atoms with Crippen molar-refractivity contribution in [2.75, 3.05) is 6.61 Å². The molecule has 3 rings (SSSR count). The molecule has 1 aliphatic rings. The summed E-state index contributed by atoms with van der Waals surface area (Å²) in [5.41, 5.74) is 9.07. The zero-order valence-corrected chi connectivity index (χ0v) is 9.91. The van der Waals surface area contributed by atoms with Gasteiger partial charge in [-0.05, 0) is 22.8 Å². The highest BCUT2D eigenvalue weighted by Crippen LogP contribution is 2.26. The number of amidine groups is 1. The molecule has 1 heterocycles. The SMILES string of the molecule is NC1=NC(c2cccc(-c3ccccc3)c2)CO1. The number of aliphatic imine (C=N–C) groups is 1. The third kappa shape index (κ3) is 2.07. The highest BCUT2D eigenvalue weighted by molar-refractivity contribution is 5.73. The van der Waals surface area contributed by atoms with Gasteiger partial charge in [0.05, 0.1) is 0 Å². The first kappa shape index (κ1) is 10.8. The van der Waals surface area contributed by atoms with Gasteiger partial charge in [-0.1, -0.05) is 48.5 Å². The first-order valence-corrected chi connectivity index (χ1v) is 5.94. The fourth-order valence-corrected chi connectivity index (χ4v) is 2.12. The smallest absolute Gasteiger partial charge is 0.282 e. The number of benzene rings is 2. The van der Waals surface area contributed by atoms with E-state index in [-0.39, 0.29) is 12.1 Å². The van der Waals surface area contributed by atoms with Gasteiger partial charge in [-0.2, -0.15) is 0 Å². The Labute approximate surface area is 106 Å². The maximum atomic E-state index is 5.54. The molecule has 0 saturated carbocycles. The number of rotatable bonds is 2. The van der Waals surface area contributed by atoms with Crippen molar-refractivity contribution in [3.05, 3.63) is 60.2 Å². The maximum Gasteiger partial charge on any atom is 0.282 e. The van der Waals surface area contributed by atoms with E-state index in [2.05, 4.69) is 35.3 Å². The van der Waals surface area contributed by atoms with Crippen LogP contribution in [0.15, 0.2) is 59.6 Å². The van der Waals surface area contributed by atoms with E-state index < -0.39 is 0 Å². The minimum absolute atomic E-state index is 0.0219. The Morgan fingerprint density at radius 1 is 1.00 bits per heavy atom. The fraction of sp³-hybridized carbons (Fsp3) is 0.133. The molecule has 18 heavy (non-hydrogen) atoms. The molecule has 3 nitrogen and oxygen atoms in total. The van der Waals surface area contributed by atoms with Crippen molar-refractivity contribution >= 4 is 6.02 Å². The summed E-state index contributed by atoms with van der Waals surface area (Å²) in [5.74, 6) is 0. The Kier molecular flexibility index (Phi) is 2.73. The summed E-state index contributed by atoms with van der Waals surface area (Å²) in [7, 11) is 0. The van der Waals surface area contributed by atoms with Crippen LogP contribution in [0.3, 0.4) is 0 Å². The van der Waals surface area contributed by atoms with Gasteiger partial charge in [-0.15, -0.1) is 0 Å². The number of hydrogen-bond acceptors (Lipinski definition) is 3. The molecular weight excluding hydrogens is 224 g/mol. The molecule has 0 radical (unpaired) electrons. The van der Waals surface area contributed by atoms with Crippen LogP contribution >= 0.6 is 0 Å². The molecule has 0 bridgehead atoms. The highest BCUT2D eigenvalue weighted by Gasteiger charge is 2.18. The topological polar surface area (TPSA) is 47.6 Å². The largest absolute Gasteiger partial charge is 0.463 e. The molecule has 2 aromatic carbocycles. The summed E-state index contributed by atoms with van der Waals surface area (Å²) < 4.78 is 5.19. The monoisotopic (exact) mass is 238 g/mol. The number of hydrogen-bond donors (Lipinski definition) is 1. The minimum Gasteiger partial charge on any atom is -0.463 e. The van der Waals surface area contributed by atoms with Crippen molar-refractivity contribution in [2.24, 2.45) is 10.7 Å². The molecule has 0 aliphatic carbocycles. The molecular formula is C15H14N2O. The van der Waals surface area contributed by atoms with Crippen LogP contribution in [-0.2, 0) is 4.74 Å². The van der Waals surface area contributed by atoms with E-state index in [1.807, 2.05) is 24.3 Å². The summed E-state index contributed by atoms with van der Waals surface area (Å²) in [4.78, 5) is 4.27. The Morgan fingerprint density at radius 3 is 2.50 bits per heavy atom. The van der Waals surface area contributed by atoms with E-state index in [9.17, 15) is 0 Å². The molecule has 0 aromatic heterocycles. The fourth-order valence-electron chi connectivity index (χ4n) is 2.12. The summed E-state index contributed by atoms with van der Waals surface area (Å²) in [6.45, 7) is 0.532. The van der Waals surface area contributed by atoms with Crippen molar-refractivity contribution in [1.82, 2.24) is 0 Å². The van der Waals surface area contributed by atoms with Crippen LogP contribution in [0.25, 0.3) is 11.1 Å². The van der Waals surface area contributed by atoms with Gasteiger partial charge < -0.3 is 10.5 Å². The maximum absolute atomic E-state index is 5.54. The Hall–Kier alpha value is -2.29. The van der Waals surface area contributed by atoms with Crippen LogP contribution in [0.5, 0.6) is 0 Å². The average molecular weight is 238 g/mol. The molecule has 2 N–H and O–H groups in total. The second-order valence-electron chi connectivity index (χ2n) is 4.29. The van der Waals surface area contributed by atoms with E-state index in [0.717, 1.165) is 5.56 Å². The third-order valence-electron chi connectivity index (χ3n) is 3.05. The van der Waals surface area contributed by atoms with E-state index in [1.165, 1.54) is 11.1 Å². The number of ether oxygens (including phenoxy) is 1. The van der Waals surface area contributed by atoms with Crippen LogP contribution in [0, 0.1) is 0 Å². The third-order valence-corrected chi connectivity index (χ3v) is 3.05. The summed E-state index contributed by atoms with van der Waals surface area (Å²) >= 11 is 0. The lowest BCUT2D eigenvalue weighted by Gasteiger charge is -2.08. The molecule has 1 atom stereocenters. The van der Waals surface area contributed by atoms with Crippen LogP contribution < -0.4 is 5.73 Å². The van der Waals surface area contributed by atoms with E-state index in [4.69, 9.17) is 10.5 Å². The quantitative estimate of drug-likeness (QED) is 0.874. The number of nitrogens with two attached hydrogens (primary N) is 1. The van der Waals surface area contributed by atoms with Gasteiger partial charge in [0.2, 0.25) is 0 Å². The zero-order valence-electron chi connectivity index (χ0n) is 9.91. The van der Waals surface area contributed by atoms with E-state index in [1.54, 1.807) is 0 Å². The van der Waals surface area contributed by atoms with Crippen LogP contribution in [0.1, 0.15) is 11.6 Å². The first-order valence-electron chi connectivity index (χ1n) is 5.94. The van der Waals surface area contributed by atoms with Gasteiger partial charge in [0.25, 0.3) is 6.02 Å². The van der Waals surface area contributed by atoms with Crippen molar-refractivity contribution in [2.45, 2.75) is 6.04 Å². The average Bonchev–Trinajstić information content (AvgIpc) is 2.87. The molecule has 0 saturated heterocycles. The predicted molar refractivity (Wildman–Crippen MR) is 72.2 cm³/mol. The normalized spacial score (nSPS) is 18.2. The highest BCUT2D eigenvalue weighted by atomic mass is 16.5. The van der Waals surface area contributed by atoms with Gasteiger partial charge in [0.1, 0.15) is 12.6 Å². The van der Waals surface area contributed by atoms with Crippen molar-refractivity contribution in [1.29, 1.82) is 0 Å². The van der Waals surface area contributed by atoms with Gasteiger partial charge in [0.15, 0.2) is 0 Å². The first-order chi connectivity index (χ1) is 8.83. The van der Waals surface area contributed by atoms with Gasteiger partial charge >= 0.3 is 0 Å². The van der Waals surface area contributed by atoms with Crippen molar-refractivity contribution in [3.63, 3.8) is 0 Å². The molecule has 0 amide bonds. The number of nitrogens with zero attached hydrogens (tertiary/aromatic N) is 1. The molecule has 0 fully saturated rings. The molecule has 1 unspecified atom stereocenters.